The zero-order valence-electron chi connectivity index (χ0n) is 21.8. The first-order valence-electron chi connectivity index (χ1n) is 13.2. The molecule has 0 saturated heterocycles. The summed E-state index contributed by atoms with van der Waals surface area (Å²) < 4.78 is 0. The van der Waals surface area contributed by atoms with Crippen LogP contribution in [0.3, 0.4) is 0 Å². The van der Waals surface area contributed by atoms with Crippen LogP contribution in [-0.2, 0) is 18.5 Å². The molecule has 0 heterocycles. The van der Waals surface area contributed by atoms with E-state index in [0.717, 1.165) is 46.5 Å². The van der Waals surface area contributed by atoms with Crippen LogP contribution in [0.4, 0.5) is 11.4 Å². The minimum atomic E-state index is -0.739. The van der Waals surface area contributed by atoms with E-state index >= 15 is 0 Å². The summed E-state index contributed by atoms with van der Waals surface area (Å²) >= 11 is 0. The second-order valence-corrected chi connectivity index (χ2v) is 9.66. The van der Waals surface area contributed by atoms with Gasteiger partial charge in [-0.05, 0) is 61.1 Å². The van der Waals surface area contributed by atoms with Crippen molar-refractivity contribution in [1.82, 2.24) is 0 Å². The Labute approximate surface area is 221 Å². The molecule has 0 radical (unpaired) electrons. The molecule has 0 aliphatic carbocycles. The summed E-state index contributed by atoms with van der Waals surface area (Å²) in [6, 6.07) is 37.4. The van der Waals surface area contributed by atoms with E-state index in [0.29, 0.717) is 12.8 Å². The predicted molar refractivity (Wildman–Crippen MR) is 154 cm³/mol. The Balaban J connectivity index is 1.73. The molecule has 4 rings (SSSR count). The van der Waals surface area contributed by atoms with Crippen LogP contribution in [0.5, 0.6) is 0 Å². The first-order valence-corrected chi connectivity index (χ1v) is 13.2. The molecule has 0 saturated carbocycles. The molecule has 0 aliphatic rings. The summed E-state index contributed by atoms with van der Waals surface area (Å²) in [7, 11) is 0. The highest BCUT2D eigenvalue weighted by Crippen LogP contribution is 2.35. The van der Waals surface area contributed by atoms with Gasteiger partial charge in [-0.25, -0.2) is 0 Å². The molecule has 2 unspecified atom stereocenters. The quantitative estimate of drug-likeness (QED) is 0.165. The van der Waals surface area contributed by atoms with E-state index in [2.05, 4.69) is 108 Å². The van der Waals surface area contributed by atoms with Crippen molar-refractivity contribution in [2.45, 2.75) is 57.4 Å². The average Bonchev–Trinajstić information content (AvgIpc) is 2.95. The molecular formula is C33H38N2O2. The van der Waals surface area contributed by atoms with Crippen molar-refractivity contribution >= 4 is 11.4 Å². The lowest BCUT2D eigenvalue weighted by atomic mass is 9.89. The highest BCUT2D eigenvalue weighted by atomic mass is 16.3. The Morgan fingerprint density at radius 1 is 0.541 bits per heavy atom. The molecule has 0 fully saturated rings. The Morgan fingerprint density at radius 2 is 0.892 bits per heavy atom. The van der Waals surface area contributed by atoms with Crippen LogP contribution in [0, 0.1) is 0 Å². The summed E-state index contributed by atoms with van der Waals surface area (Å²) in [5.74, 6) is 0. The Kier molecular flexibility index (Phi) is 8.99. The number of hydrogen-bond donors (Lipinski definition) is 4. The van der Waals surface area contributed by atoms with Crippen molar-refractivity contribution in [2.24, 2.45) is 0 Å². The molecule has 2 atom stereocenters. The second-order valence-electron chi connectivity index (χ2n) is 9.66. The fraction of sp³-hybridized carbons (Fsp3) is 0.273. The maximum Gasteiger partial charge on any atom is 0.161 e. The van der Waals surface area contributed by atoms with Gasteiger partial charge in [0, 0.05) is 22.5 Å². The molecule has 4 aromatic carbocycles. The van der Waals surface area contributed by atoms with Crippen molar-refractivity contribution in [3.05, 3.63) is 131 Å². The van der Waals surface area contributed by atoms with Crippen molar-refractivity contribution in [2.75, 3.05) is 10.6 Å². The lowest BCUT2D eigenvalue weighted by Crippen LogP contribution is -2.44. The molecule has 192 valence electrons. The fourth-order valence-corrected chi connectivity index (χ4v) is 4.58. The SMILES string of the molecule is CCC(O)Cc1ccc(NC(Nc2ccc(CC(O)CC)cc2)(c2ccccc2)c2ccccc2)cc1. The van der Waals surface area contributed by atoms with E-state index in [1.165, 1.54) is 0 Å². The molecule has 0 spiro atoms. The Morgan fingerprint density at radius 3 is 1.22 bits per heavy atom. The number of nitrogens with one attached hydrogen (secondary N) is 2. The molecule has 0 aliphatic heterocycles. The lowest BCUT2D eigenvalue weighted by molar-refractivity contribution is 0.170. The van der Waals surface area contributed by atoms with E-state index < -0.39 is 5.66 Å². The van der Waals surface area contributed by atoms with Gasteiger partial charge in [-0.1, -0.05) is 98.8 Å². The normalized spacial score (nSPS) is 13.1. The standard InChI is InChI=1S/C33H38N2O2/c1-3-31(36)23-25-15-19-29(20-16-25)34-33(27-11-7-5-8-12-27,28-13-9-6-10-14-28)35-30-21-17-26(18-22-30)24-32(37)4-2/h5-22,31-32,34-37H,3-4,23-24H2,1-2H3. The first-order chi connectivity index (χ1) is 18.0. The number of aliphatic hydroxyl groups excluding tert-OH is 2. The van der Waals surface area contributed by atoms with Gasteiger partial charge in [0.05, 0.1) is 12.2 Å². The number of benzene rings is 4. The van der Waals surface area contributed by atoms with Crippen LogP contribution < -0.4 is 10.6 Å². The topological polar surface area (TPSA) is 64.5 Å². The predicted octanol–water partition coefficient (Wildman–Crippen LogP) is 6.74. The van der Waals surface area contributed by atoms with Crippen LogP contribution in [-0.4, -0.2) is 22.4 Å². The maximum absolute atomic E-state index is 10.1. The van der Waals surface area contributed by atoms with E-state index in [1.807, 2.05) is 26.0 Å². The summed E-state index contributed by atoms with van der Waals surface area (Å²) in [6.45, 7) is 4.00. The number of hydrogen-bond acceptors (Lipinski definition) is 4. The van der Waals surface area contributed by atoms with Crippen LogP contribution in [0.1, 0.15) is 48.9 Å². The highest BCUT2D eigenvalue weighted by Gasteiger charge is 2.34. The van der Waals surface area contributed by atoms with Crippen molar-refractivity contribution in [1.29, 1.82) is 0 Å². The van der Waals surface area contributed by atoms with Gasteiger partial charge in [-0.3, -0.25) is 0 Å². The van der Waals surface area contributed by atoms with E-state index in [1.54, 1.807) is 0 Å². The molecule has 0 aromatic heterocycles. The van der Waals surface area contributed by atoms with Gasteiger partial charge >= 0.3 is 0 Å². The molecule has 4 N–H and O–H groups in total. The fourth-order valence-electron chi connectivity index (χ4n) is 4.58. The van der Waals surface area contributed by atoms with Gasteiger partial charge in [0.25, 0.3) is 0 Å². The summed E-state index contributed by atoms with van der Waals surface area (Å²) in [6.07, 6.45) is 2.13. The molecule has 0 amide bonds. The maximum atomic E-state index is 10.1. The van der Waals surface area contributed by atoms with Crippen molar-refractivity contribution < 1.29 is 10.2 Å². The molecule has 0 bridgehead atoms. The van der Waals surface area contributed by atoms with E-state index in [9.17, 15) is 10.2 Å². The molecular weight excluding hydrogens is 456 g/mol. The summed E-state index contributed by atoms with van der Waals surface area (Å²) in [4.78, 5) is 0. The van der Waals surface area contributed by atoms with Gasteiger partial charge in [0.15, 0.2) is 5.66 Å². The van der Waals surface area contributed by atoms with Gasteiger partial charge in [0.2, 0.25) is 0 Å². The molecule has 4 nitrogen and oxygen atoms in total. The summed E-state index contributed by atoms with van der Waals surface area (Å²) in [5, 5.41) is 27.8. The molecule has 37 heavy (non-hydrogen) atoms. The van der Waals surface area contributed by atoms with Crippen LogP contribution >= 0.6 is 0 Å². The Bertz CT molecular complexity index is 1110. The Hall–Kier alpha value is -3.60. The summed E-state index contributed by atoms with van der Waals surface area (Å²) in [5.41, 5.74) is 5.59. The zero-order valence-corrected chi connectivity index (χ0v) is 21.8. The van der Waals surface area contributed by atoms with Crippen LogP contribution in [0.2, 0.25) is 0 Å². The number of anilines is 2. The van der Waals surface area contributed by atoms with Crippen molar-refractivity contribution in [3.8, 4) is 0 Å². The first kappa shape index (κ1) is 26.5. The second kappa shape index (κ2) is 12.6. The third kappa shape index (κ3) is 6.79. The number of aliphatic hydroxyl groups is 2. The monoisotopic (exact) mass is 494 g/mol. The van der Waals surface area contributed by atoms with Crippen molar-refractivity contribution in [3.63, 3.8) is 0 Å². The third-order valence-electron chi connectivity index (χ3n) is 6.87. The van der Waals surface area contributed by atoms with E-state index in [-0.39, 0.29) is 12.2 Å². The minimum Gasteiger partial charge on any atom is -0.393 e. The largest absolute Gasteiger partial charge is 0.393 e. The van der Waals surface area contributed by atoms with Gasteiger partial charge in [-0.15, -0.1) is 0 Å². The molecule has 4 aromatic rings. The van der Waals surface area contributed by atoms with Crippen LogP contribution in [0.15, 0.2) is 109 Å². The third-order valence-corrected chi connectivity index (χ3v) is 6.87. The number of rotatable bonds is 12. The highest BCUT2D eigenvalue weighted by molar-refractivity contribution is 5.61. The van der Waals surface area contributed by atoms with E-state index in [4.69, 9.17) is 0 Å². The van der Waals surface area contributed by atoms with Crippen LogP contribution in [0.25, 0.3) is 0 Å². The van der Waals surface area contributed by atoms with Gasteiger partial charge in [0.1, 0.15) is 0 Å². The lowest BCUT2D eigenvalue weighted by Gasteiger charge is -2.39. The van der Waals surface area contributed by atoms with Gasteiger partial charge in [-0.2, -0.15) is 0 Å². The van der Waals surface area contributed by atoms with Gasteiger partial charge < -0.3 is 20.8 Å². The zero-order chi connectivity index (χ0) is 26.1. The average molecular weight is 495 g/mol. The minimum absolute atomic E-state index is 0.324. The smallest absolute Gasteiger partial charge is 0.161 e. The molecule has 4 heteroatoms.